The lowest BCUT2D eigenvalue weighted by atomic mass is 10.3. The average Bonchev–Trinajstić information content (AvgIpc) is 3.37. The van der Waals surface area contributed by atoms with Gasteiger partial charge in [0, 0.05) is 45.1 Å². The summed E-state index contributed by atoms with van der Waals surface area (Å²) in [6.07, 6.45) is 5.58. The first-order chi connectivity index (χ1) is 14.2. The number of nitrogens with zero attached hydrogens (tertiary/aromatic N) is 4. The zero-order valence-electron chi connectivity index (χ0n) is 16.1. The predicted molar refractivity (Wildman–Crippen MR) is 106 cm³/mol. The number of pyridine rings is 1. The lowest BCUT2D eigenvalue weighted by Crippen LogP contribution is -2.50. The van der Waals surface area contributed by atoms with Crippen molar-refractivity contribution in [1.29, 1.82) is 0 Å². The van der Waals surface area contributed by atoms with Gasteiger partial charge < -0.3 is 14.1 Å². The summed E-state index contributed by atoms with van der Waals surface area (Å²) in [4.78, 5) is 32.9. The Kier molecular flexibility index (Phi) is 5.87. The third-order valence-corrected chi connectivity index (χ3v) is 4.89. The van der Waals surface area contributed by atoms with Crippen molar-refractivity contribution in [2.24, 2.45) is 0 Å². The fourth-order valence-corrected chi connectivity index (χ4v) is 3.39. The van der Waals surface area contributed by atoms with Crippen LogP contribution in [0.25, 0.3) is 5.65 Å². The molecular weight excluding hydrogens is 372 g/mol. The maximum atomic E-state index is 12.1. The molecule has 3 amide bonds. The maximum absolute atomic E-state index is 12.1. The number of piperazine rings is 1. The van der Waals surface area contributed by atoms with E-state index in [1.165, 1.54) is 6.26 Å². The minimum atomic E-state index is -0.517. The fraction of sp³-hybridized carbons (Fsp3) is 0.350. The van der Waals surface area contributed by atoms with Crippen LogP contribution in [0.1, 0.15) is 11.5 Å². The highest BCUT2D eigenvalue weighted by molar-refractivity contribution is 5.95. The average molecular weight is 396 g/mol. The lowest BCUT2D eigenvalue weighted by Gasteiger charge is -2.33. The first-order valence-corrected chi connectivity index (χ1v) is 9.63. The van der Waals surface area contributed by atoms with Crippen molar-refractivity contribution in [2.45, 2.75) is 13.1 Å². The number of rotatable bonds is 6. The molecule has 1 saturated heterocycles. The van der Waals surface area contributed by atoms with Crippen molar-refractivity contribution in [3.05, 3.63) is 60.4 Å². The minimum Gasteiger partial charge on any atom is -0.467 e. The van der Waals surface area contributed by atoms with Gasteiger partial charge >= 0.3 is 6.03 Å². The van der Waals surface area contributed by atoms with Gasteiger partial charge in [-0.2, -0.15) is 0 Å². The van der Waals surface area contributed by atoms with E-state index in [1.807, 2.05) is 28.8 Å². The molecule has 1 aliphatic heterocycles. The monoisotopic (exact) mass is 396 g/mol. The van der Waals surface area contributed by atoms with E-state index in [4.69, 9.17) is 4.42 Å². The first-order valence-electron chi connectivity index (χ1n) is 9.63. The molecule has 1 aliphatic rings. The Morgan fingerprint density at radius 2 is 1.90 bits per heavy atom. The van der Waals surface area contributed by atoms with E-state index in [1.54, 1.807) is 12.1 Å². The van der Waals surface area contributed by atoms with Gasteiger partial charge in [-0.25, -0.2) is 9.78 Å². The molecule has 0 radical (unpaired) electrons. The number of imidazole rings is 1. The molecule has 4 rings (SSSR count). The number of carbonyl (C=O) groups is 2. The molecule has 9 heteroatoms. The standard InChI is InChI=1S/C20H24N6O3/c27-19(23-20(28)21-12-17-4-3-11-29-17)15-25-9-7-24(8-10-25)13-16-14-26-6-2-1-5-18(26)22-16/h1-6,11,14H,7-10,12-13,15H2,(H2,21,23,27,28). The van der Waals surface area contributed by atoms with E-state index >= 15 is 0 Å². The summed E-state index contributed by atoms with van der Waals surface area (Å²) in [5.41, 5.74) is 1.98. The van der Waals surface area contributed by atoms with Gasteiger partial charge in [0.1, 0.15) is 11.4 Å². The Balaban J connectivity index is 1.17. The number of furan rings is 1. The smallest absolute Gasteiger partial charge is 0.321 e. The van der Waals surface area contributed by atoms with Crippen LogP contribution in [0.15, 0.2) is 53.4 Å². The Morgan fingerprint density at radius 1 is 1.07 bits per heavy atom. The van der Waals surface area contributed by atoms with Crippen LogP contribution >= 0.6 is 0 Å². The van der Waals surface area contributed by atoms with Crippen molar-refractivity contribution in [1.82, 2.24) is 29.8 Å². The second-order valence-corrected chi connectivity index (χ2v) is 7.06. The number of amides is 3. The third-order valence-electron chi connectivity index (χ3n) is 4.89. The van der Waals surface area contributed by atoms with Crippen LogP contribution in [0.3, 0.4) is 0 Å². The molecule has 3 aromatic rings. The second kappa shape index (κ2) is 8.89. The molecule has 0 atom stereocenters. The second-order valence-electron chi connectivity index (χ2n) is 7.06. The topological polar surface area (TPSA) is 95.1 Å². The predicted octanol–water partition coefficient (Wildman–Crippen LogP) is 1.07. The summed E-state index contributed by atoms with van der Waals surface area (Å²) in [5.74, 6) is 0.324. The van der Waals surface area contributed by atoms with Gasteiger partial charge in [-0.15, -0.1) is 0 Å². The molecule has 2 N–H and O–H groups in total. The number of hydrogen-bond acceptors (Lipinski definition) is 6. The number of fused-ring (bicyclic) bond motifs is 1. The van der Waals surface area contributed by atoms with Crippen molar-refractivity contribution >= 4 is 17.6 Å². The summed E-state index contributed by atoms with van der Waals surface area (Å²) in [7, 11) is 0. The highest BCUT2D eigenvalue weighted by atomic mass is 16.3. The number of urea groups is 1. The Hall–Kier alpha value is -3.17. The van der Waals surface area contributed by atoms with E-state index in [9.17, 15) is 9.59 Å². The first kappa shape index (κ1) is 19.2. The number of carbonyl (C=O) groups excluding carboxylic acids is 2. The van der Waals surface area contributed by atoms with E-state index in [0.717, 1.165) is 44.1 Å². The molecule has 0 spiro atoms. The molecule has 0 saturated carbocycles. The van der Waals surface area contributed by atoms with Crippen molar-refractivity contribution < 1.29 is 14.0 Å². The zero-order chi connectivity index (χ0) is 20.1. The van der Waals surface area contributed by atoms with Gasteiger partial charge in [0.15, 0.2) is 0 Å². The van der Waals surface area contributed by atoms with Crippen LogP contribution in [0.4, 0.5) is 4.79 Å². The molecule has 0 aromatic carbocycles. The highest BCUT2D eigenvalue weighted by Gasteiger charge is 2.20. The molecule has 29 heavy (non-hydrogen) atoms. The highest BCUT2D eigenvalue weighted by Crippen LogP contribution is 2.10. The zero-order valence-corrected chi connectivity index (χ0v) is 16.1. The summed E-state index contributed by atoms with van der Waals surface area (Å²) in [6, 6.07) is 8.94. The quantitative estimate of drug-likeness (QED) is 0.647. The van der Waals surface area contributed by atoms with Gasteiger partial charge in [0.25, 0.3) is 0 Å². The normalized spacial score (nSPS) is 15.4. The van der Waals surface area contributed by atoms with Crippen LogP contribution < -0.4 is 10.6 Å². The lowest BCUT2D eigenvalue weighted by molar-refractivity contribution is -0.121. The number of hydrogen-bond donors (Lipinski definition) is 2. The van der Waals surface area contributed by atoms with E-state index in [-0.39, 0.29) is 19.0 Å². The summed E-state index contributed by atoms with van der Waals surface area (Å²) < 4.78 is 7.15. The summed E-state index contributed by atoms with van der Waals surface area (Å²) in [6.45, 7) is 4.49. The molecule has 152 valence electrons. The van der Waals surface area contributed by atoms with Crippen molar-refractivity contribution in [2.75, 3.05) is 32.7 Å². The fourth-order valence-electron chi connectivity index (χ4n) is 3.39. The molecule has 3 aromatic heterocycles. The van der Waals surface area contributed by atoms with Crippen LogP contribution in [-0.4, -0.2) is 63.8 Å². The Morgan fingerprint density at radius 3 is 2.66 bits per heavy atom. The van der Waals surface area contributed by atoms with E-state index in [2.05, 4.69) is 31.6 Å². The Bertz CT molecular complexity index is 927. The number of imide groups is 1. The van der Waals surface area contributed by atoms with Gasteiger partial charge in [-0.3, -0.25) is 19.9 Å². The summed E-state index contributed by atoms with van der Waals surface area (Å²) >= 11 is 0. The third kappa shape index (κ3) is 5.21. The van der Waals surface area contributed by atoms with Gasteiger partial charge in [0.05, 0.1) is 25.0 Å². The summed E-state index contributed by atoms with van der Waals surface area (Å²) in [5, 5.41) is 4.96. The molecule has 0 unspecified atom stereocenters. The van der Waals surface area contributed by atoms with Crippen molar-refractivity contribution in [3.8, 4) is 0 Å². The molecule has 4 heterocycles. The molecule has 0 aliphatic carbocycles. The molecule has 1 fully saturated rings. The van der Waals surface area contributed by atoms with Crippen molar-refractivity contribution in [3.63, 3.8) is 0 Å². The van der Waals surface area contributed by atoms with Crippen LogP contribution in [0, 0.1) is 0 Å². The Labute approximate surface area is 168 Å². The van der Waals surface area contributed by atoms with Gasteiger partial charge in [0.2, 0.25) is 5.91 Å². The number of nitrogens with one attached hydrogen (secondary N) is 2. The van der Waals surface area contributed by atoms with E-state index in [0.29, 0.717) is 5.76 Å². The van der Waals surface area contributed by atoms with Crippen LogP contribution in [0.5, 0.6) is 0 Å². The van der Waals surface area contributed by atoms with Gasteiger partial charge in [-0.05, 0) is 24.3 Å². The maximum Gasteiger partial charge on any atom is 0.321 e. The van der Waals surface area contributed by atoms with E-state index < -0.39 is 6.03 Å². The number of aromatic nitrogens is 2. The minimum absolute atomic E-state index is 0.205. The molecule has 0 bridgehead atoms. The molecular formula is C20H24N6O3. The van der Waals surface area contributed by atoms with Crippen LogP contribution in [-0.2, 0) is 17.9 Å². The largest absolute Gasteiger partial charge is 0.467 e. The molecule has 9 nitrogen and oxygen atoms in total. The van der Waals surface area contributed by atoms with Crippen LogP contribution in [0.2, 0.25) is 0 Å². The van der Waals surface area contributed by atoms with Gasteiger partial charge in [-0.1, -0.05) is 6.07 Å². The SMILES string of the molecule is O=C(CN1CCN(Cc2cn3ccccc3n2)CC1)NC(=O)NCc1ccco1.